The van der Waals surface area contributed by atoms with Crippen LogP contribution in [0.2, 0.25) is 0 Å². The minimum atomic E-state index is -0.557. The first-order valence-electron chi connectivity index (χ1n) is 4.51. The highest BCUT2D eigenvalue weighted by atomic mass is 35.5. The number of hydrogen-bond donors (Lipinski definition) is 1. The number of alkyl halides is 1. The van der Waals surface area contributed by atoms with Crippen LogP contribution < -0.4 is 0 Å². The Morgan fingerprint density at radius 3 is 3.00 bits per heavy atom. The number of aliphatic hydroxyl groups is 1. The molecule has 0 bridgehead atoms. The molecular formula is C10H14ClNO. The van der Waals surface area contributed by atoms with Gasteiger partial charge in [0.05, 0.1) is 18.1 Å². The van der Waals surface area contributed by atoms with Gasteiger partial charge in [0, 0.05) is 11.8 Å². The molecule has 1 rings (SSSR count). The molecule has 0 saturated heterocycles. The molecule has 0 spiro atoms. The number of halogens is 1. The van der Waals surface area contributed by atoms with E-state index in [-0.39, 0.29) is 23.6 Å². The molecule has 0 radical (unpaired) electrons. The standard InChI is InChI=1S/C10H14ClNO/c1-7-3-2-4-8(9(7)6-12)10(13)5-11/h2-3,7-10,13H,4-5H2,1H3/t7-,8+,9-,10-/m1/s1. The van der Waals surface area contributed by atoms with Crippen LogP contribution in [-0.2, 0) is 0 Å². The molecule has 0 aromatic heterocycles. The zero-order valence-electron chi connectivity index (χ0n) is 7.65. The highest BCUT2D eigenvalue weighted by Gasteiger charge is 2.32. The van der Waals surface area contributed by atoms with E-state index >= 15 is 0 Å². The van der Waals surface area contributed by atoms with Crippen molar-refractivity contribution in [1.82, 2.24) is 0 Å². The van der Waals surface area contributed by atoms with Gasteiger partial charge < -0.3 is 5.11 Å². The highest BCUT2D eigenvalue weighted by Crippen LogP contribution is 2.32. The topological polar surface area (TPSA) is 44.0 Å². The average Bonchev–Trinajstić information content (AvgIpc) is 2.16. The molecule has 0 unspecified atom stereocenters. The lowest BCUT2D eigenvalue weighted by Crippen LogP contribution is -2.33. The Balaban J connectivity index is 2.74. The number of aliphatic hydroxyl groups excluding tert-OH is 1. The van der Waals surface area contributed by atoms with E-state index in [0.29, 0.717) is 0 Å². The van der Waals surface area contributed by atoms with E-state index in [1.807, 2.05) is 19.1 Å². The Hall–Kier alpha value is -0.520. The second-order valence-corrected chi connectivity index (χ2v) is 3.87. The summed E-state index contributed by atoms with van der Waals surface area (Å²) in [7, 11) is 0. The van der Waals surface area contributed by atoms with Gasteiger partial charge in [-0.15, -0.1) is 11.6 Å². The first kappa shape index (κ1) is 10.6. The van der Waals surface area contributed by atoms with Crippen molar-refractivity contribution in [3.05, 3.63) is 12.2 Å². The largest absolute Gasteiger partial charge is 0.392 e. The molecule has 72 valence electrons. The summed E-state index contributed by atoms with van der Waals surface area (Å²) in [4.78, 5) is 0. The Labute approximate surface area is 83.8 Å². The summed E-state index contributed by atoms with van der Waals surface area (Å²) in [5, 5.41) is 18.5. The lowest BCUT2D eigenvalue weighted by Gasteiger charge is -2.30. The van der Waals surface area contributed by atoms with Crippen molar-refractivity contribution >= 4 is 11.6 Å². The molecule has 0 fully saturated rings. The van der Waals surface area contributed by atoms with Crippen molar-refractivity contribution in [2.45, 2.75) is 19.4 Å². The lowest BCUT2D eigenvalue weighted by atomic mass is 9.75. The van der Waals surface area contributed by atoms with Crippen molar-refractivity contribution in [2.75, 3.05) is 5.88 Å². The van der Waals surface area contributed by atoms with Crippen LogP contribution in [0.3, 0.4) is 0 Å². The molecule has 13 heavy (non-hydrogen) atoms. The van der Waals surface area contributed by atoms with Crippen LogP contribution >= 0.6 is 11.6 Å². The molecule has 0 heterocycles. The summed E-state index contributed by atoms with van der Waals surface area (Å²) < 4.78 is 0. The van der Waals surface area contributed by atoms with E-state index in [1.165, 1.54) is 0 Å². The summed E-state index contributed by atoms with van der Waals surface area (Å²) >= 11 is 5.57. The molecule has 1 N–H and O–H groups in total. The number of allylic oxidation sites excluding steroid dienone is 2. The predicted molar refractivity (Wildman–Crippen MR) is 52.2 cm³/mol. The Morgan fingerprint density at radius 2 is 2.46 bits per heavy atom. The Morgan fingerprint density at radius 1 is 1.77 bits per heavy atom. The van der Waals surface area contributed by atoms with Gasteiger partial charge in [-0.1, -0.05) is 19.1 Å². The summed E-state index contributed by atoms with van der Waals surface area (Å²) in [6, 6.07) is 2.25. The van der Waals surface area contributed by atoms with Gasteiger partial charge in [-0.3, -0.25) is 0 Å². The Kier molecular flexibility index (Phi) is 3.77. The number of hydrogen-bond acceptors (Lipinski definition) is 2. The monoisotopic (exact) mass is 199 g/mol. The van der Waals surface area contributed by atoms with Gasteiger partial charge in [-0.05, 0) is 12.3 Å². The van der Waals surface area contributed by atoms with Gasteiger partial charge in [0.25, 0.3) is 0 Å². The van der Waals surface area contributed by atoms with Crippen molar-refractivity contribution in [2.24, 2.45) is 17.8 Å². The fraction of sp³-hybridized carbons (Fsp3) is 0.700. The number of nitriles is 1. The smallest absolute Gasteiger partial charge is 0.0719 e. The zero-order chi connectivity index (χ0) is 9.84. The van der Waals surface area contributed by atoms with Gasteiger partial charge in [0.2, 0.25) is 0 Å². The maximum Gasteiger partial charge on any atom is 0.0719 e. The molecule has 1 aliphatic rings. The summed E-state index contributed by atoms with van der Waals surface area (Å²) in [6.45, 7) is 2.00. The highest BCUT2D eigenvalue weighted by molar-refractivity contribution is 6.18. The van der Waals surface area contributed by atoms with Crippen LogP contribution in [-0.4, -0.2) is 17.1 Å². The summed E-state index contributed by atoms with van der Waals surface area (Å²) in [5.41, 5.74) is 0. The molecular weight excluding hydrogens is 186 g/mol. The van der Waals surface area contributed by atoms with Crippen LogP contribution in [0.25, 0.3) is 0 Å². The minimum Gasteiger partial charge on any atom is -0.392 e. The van der Waals surface area contributed by atoms with Crippen LogP contribution in [0.5, 0.6) is 0 Å². The van der Waals surface area contributed by atoms with Crippen LogP contribution in [0.4, 0.5) is 0 Å². The number of nitrogens with zero attached hydrogens (tertiary/aromatic N) is 1. The average molecular weight is 200 g/mol. The molecule has 1 aliphatic carbocycles. The van der Waals surface area contributed by atoms with E-state index in [2.05, 4.69) is 6.07 Å². The predicted octanol–water partition coefficient (Wildman–Crippen LogP) is 1.94. The van der Waals surface area contributed by atoms with Gasteiger partial charge >= 0.3 is 0 Å². The van der Waals surface area contributed by atoms with Gasteiger partial charge in [0.1, 0.15) is 0 Å². The molecule has 0 amide bonds. The summed E-state index contributed by atoms with van der Waals surface area (Å²) in [6.07, 6.45) is 4.26. The first-order chi connectivity index (χ1) is 6.20. The van der Waals surface area contributed by atoms with E-state index in [9.17, 15) is 5.11 Å². The fourth-order valence-corrected chi connectivity index (χ4v) is 2.06. The second kappa shape index (κ2) is 4.64. The maximum atomic E-state index is 9.59. The third kappa shape index (κ3) is 2.24. The van der Waals surface area contributed by atoms with Gasteiger partial charge in [0.15, 0.2) is 0 Å². The molecule has 2 nitrogen and oxygen atoms in total. The molecule has 3 heteroatoms. The second-order valence-electron chi connectivity index (χ2n) is 3.56. The normalized spacial score (nSPS) is 35.4. The van der Waals surface area contributed by atoms with Crippen LogP contribution in [0.1, 0.15) is 13.3 Å². The zero-order valence-corrected chi connectivity index (χ0v) is 8.41. The van der Waals surface area contributed by atoms with Crippen molar-refractivity contribution in [3.8, 4) is 6.07 Å². The minimum absolute atomic E-state index is 0.00231. The van der Waals surface area contributed by atoms with Crippen LogP contribution in [0, 0.1) is 29.1 Å². The van der Waals surface area contributed by atoms with E-state index < -0.39 is 6.10 Å². The molecule has 0 aromatic carbocycles. The van der Waals surface area contributed by atoms with Gasteiger partial charge in [-0.2, -0.15) is 5.26 Å². The van der Waals surface area contributed by atoms with E-state index in [1.54, 1.807) is 0 Å². The molecule has 0 aromatic rings. The Bertz CT molecular complexity index is 234. The van der Waals surface area contributed by atoms with Crippen molar-refractivity contribution in [3.63, 3.8) is 0 Å². The third-order valence-corrected chi connectivity index (χ3v) is 2.99. The molecule has 0 aliphatic heterocycles. The van der Waals surface area contributed by atoms with Gasteiger partial charge in [-0.25, -0.2) is 0 Å². The van der Waals surface area contributed by atoms with Crippen LogP contribution in [0.15, 0.2) is 12.2 Å². The lowest BCUT2D eigenvalue weighted by molar-refractivity contribution is 0.0928. The quantitative estimate of drug-likeness (QED) is 0.546. The van der Waals surface area contributed by atoms with E-state index in [4.69, 9.17) is 16.9 Å². The molecule has 4 atom stereocenters. The maximum absolute atomic E-state index is 9.59. The first-order valence-corrected chi connectivity index (χ1v) is 5.04. The third-order valence-electron chi connectivity index (χ3n) is 2.68. The fourth-order valence-electron chi connectivity index (χ4n) is 1.83. The number of rotatable bonds is 2. The van der Waals surface area contributed by atoms with Crippen molar-refractivity contribution < 1.29 is 5.11 Å². The van der Waals surface area contributed by atoms with E-state index in [0.717, 1.165) is 6.42 Å². The molecule has 0 saturated carbocycles. The van der Waals surface area contributed by atoms with Crippen molar-refractivity contribution in [1.29, 1.82) is 5.26 Å². The summed E-state index contributed by atoms with van der Waals surface area (Å²) in [5.74, 6) is 0.339. The SMILES string of the molecule is C[C@@H]1C=CC[C@H]([C@H](O)CCl)[C@@H]1C#N.